The molecule has 0 aromatic heterocycles. The van der Waals surface area contributed by atoms with Crippen molar-refractivity contribution in [3.05, 3.63) is 0 Å². The highest BCUT2D eigenvalue weighted by atomic mass is 32.2. The van der Waals surface area contributed by atoms with Gasteiger partial charge in [0.05, 0.1) is 0 Å². The third-order valence-electron chi connectivity index (χ3n) is 0.933. The Labute approximate surface area is 69.8 Å². The standard InChI is InChI=1S/C5H8F3NO2S/c1-12(11)3-2-9-4(10)5(6,7)8/h2-3H2,1H3,(H,9,10). The molecule has 72 valence electrons. The first kappa shape index (κ1) is 11.4. The summed E-state index contributed by atoms with van der Waals surface area (Å²) in [6, 6.07) is 0. The molecule has 1 atom stereocenters. The van der Waals surface area contributed by atoms with Gasteiger partial charge in [0.2, 0.25) is 0 Å². The largest absolute Gasteiger partial charge is 0.471 e. The Morgan fingerprint density at radius 1 is 1.50 bits per heavy atom. The van der Waals surface area contributed by atoms with Crippen LogP contribution in [-0.4, -0.2) is 34.8 Å². The molecule has 12 heavy (non-hydrogen) atoms. The van der Waals surface area contributed by atoms with Crippen molar-refractivity contribution in [2.24, 2.45) is 0 Å². The first-order valence-electron chi connectivity index (χ1n) is 2.99. The number of amides is 1. The number of carbonyl (C=O) groups is 1. The van der Waals surface area contributed by atoms with E-state index in [0.717, 1.165) is 0 Å². The van der Waals surface area contributed by atoms with Gasteiger partial charge in [0.15, 0.2) is 0 Å². The van der Waals surface area contributed by atoms with E-state index in [4.69, 9.17) is 0 Å². The number of rotatable bonds is 3. The predicted octanol–water partition coefficient (Wildman–Crippen LogP) is 0.0434. The topological polar surface area (TPSA) is 46.2 Å². The van der Waals surface area contributed by atoms with Gasteiger partial charge >= 0.3 is 12.1 Å². The lowest BCUT2D eigenvalue weighted by Crippen LogP contribution is -2.38. The van der Waals surface area contributed by atoms with E-state index >= 15 is 0 Å². The third kappa shape index (κ3) is 5.11. The molecule has 0 aliphatic heterocycles. The van der Waals surface area contributed by atoms with Crippen molar-refractivity contribution in [2.45, 2.75) is 6.18 Å². The molecule has 0 aliphatic rings. The average Bonchev–Trinajstić information content (AvgIpc) is 1.84. The van der Waals surface area contributed by atoms with Crippen molar-refractivity contribution in [3.8, 4) is 0 Å². The Morgan fingerprint density at radius 3 is 2.33 bits per heavy atom. The minimum Gasteiger partial charge on any atom is -0.347 e. The zero-order valence-corrected chi connectivity index (χ0v) is 7.09. The van der Waals surface area contributed by atoms with Crippen LogP contribution in [0.25, 0.3) is 0 Å². The van der Waals surface area contributed by atoms with Crippen molar-refractivity contribution in [2.75, 3.05) is 18.6 Å². The summed E-state index contributed by atoms with van der Waals surface area (Å²) in [6.45, 7) is -0.221. The highest BCUT2D eigenvalue weighted by molar-refractivity contribution is 7.84. The first-order chi connectivity index (χ1) is 5.34. The molecule has 7 heteroatoms. The Bertz CT molecular complexity index is 192. The number of hydrogen-bond donors (Lipinski definition) is 1. The maximum Gasteiger partial charge on any atom is 0.471 e. The SMILES string of the molecule is CS(=O)CCNC(=O)C(F)(F)F. The number of alkyl halides is 3. The summed E-state index contributed by atoms with van der Waals surface area (Å²) in [4.78, 5) is 10.1. The molecular weight excluding hydrogens is 195 g/mol. The van der Waals surface area contributed by atoms with Gasteiger partial charge in [-0.15, -0.1) is 0 Å². The lowest BCUT2D eigenvalue weighted by Gasteiger charge is -2.05. The average molecular weight is 203 g/mol. The summed E-state index contributed by atoms with van der Waals surface area (Å²) >= 11 is 0. The molecule has 0 fully saturated rings. The number of carbonyl (C=O) groups excluding carboxylic acids is 1. The van der Waals surface area contributed by atoms with E-state index < -0.39 is 22.9 Å². The smallest absolute Gasteiger partial charge is 0.347 e. The predicted molar refractivity (Wildman–Crippen MR) is 38.0 cm³/mol. The van der Waals surface area contributed by atoms with Crippen LogP contribution in [0.2, 0.25) is 0 Å². The number of nitrogens with one attached hydrogen (secondary N) is 1. The molecule has 1 N–H and O–H groups in total. The van der Waals surface area contributed by atoms with Gasteiger partial charge in [-0.3, -0.25) is 9.00 Å². The van der Waals surface area contributed by atoms with Gasteiger partial charge in [-0.25, -0.2) is 0 Å². The summed E-state index contributed by atoms with van der Waals surface area (Å²) in [5, 5.41) is 1.60. The maximum atomic E-state index is 11.5. The number of hydrogen-bond acceptors (Lipinski definition) is 2. The molecule has 0 heterocycles. The van der Waals surface area contributed by atoms with Crippen molar-refractivity contribution < 1.29 is 22.2 Å². The summed E-state index contributed by atoms with van der Waals surface area (Å²) in [6.07, 6.45) is -3.50. The second-order valence-electron chi connectivity index (χ2n) is 2.03. The highest BCUT2D eigenvalue weighted by Crippen LogP contribution is 2.13. The maximum absolute atomic E-state index is 11.5. The van der Waals surface area contributed by atoms with E-state index in [9.17, 15) is 22.2 Å². The van der Waals surface area contributed by atoms with Crippen LogP contribution in [0.3, 0.4) is 0 Å². The molecule has 1 amide bonds. The van der Waals surface area contributed by atoms with E-state index in [1.54, 1.807) is 5.32 Å². The highest BCUT2D eigenvalue weighted by Gasteiger charge is 2.38. The van der Waals surface area contributed by atoms with Gasteiger partial charge in [0, 0.05) is 29.4 Å². The molecule has 0 saturated heterocycles. The van der Waals surface area contributed by atoms with Crippen LogP contribution in [0.1, 0.15) is 0 Å². The lowest BCUT2D eigenvalue weighted by molar-refractivity contribution is -0.173. The van der Waals surface area contributed by atoms with Crippen molar-refractivity contribution >= 4 is 16.7 Å². The molecule has 0 saturated carbocycles. The van der Waals surface area contributed by atoms with Crippen LogP contribution in [0, 0.1) is 0 Å². The summed E-state index contributed by atoms with van der Waals surface area (Å²) in [5.74, 6) is -1.96. The van der Waals surface area contributed by atoms with E-state index in [1.165, 1.54) is 6.26 Å². The normalized spacial score (nSPS) is 14.0. The molecule has 0 radical (unpaired) electrons. The van der Waals surface area contributed by atoms with Gasteiger partial charge in [-0.2, -0.15) is 13.2 Å². The third-order valence-corrected chi connectivity index (χ3v) is 1.71. The van der Waals surface area contributed by atoms with E-state index in [-0.39, 0.29) is 12.3 Å². The molecule has 0 spiro atoms. The van der Waals surface area contributed by atoms with Crippen molar-refractivity contribution in [1.29, 1.82) is 0 Å². The summed E-state index contributed by atoms with van der Waals surface area (Å²) < 4.78 is 44.8. The van der Waals surface area contributed by atoms with Gasteiger partial charge in [0.25, 0.3) is 0 Å². The Hall–Kier alpha value is -0.590. The van der Waals surface area contributed by atoms with Gasteiger partial charge in [0.1, 0.15) is 0 Å². The lowest BCUT2D eigenvalue weighted by atomic mass is 10.5. The van der Waals surface area contributed by atoms with E-state index in [1.807, 2.05) is 0 Å². The Kier molecular flexibility index (Phi) is 4.22. The molecule has 0 aromatic carbocycles. The fraction of sp³-hybridized carbons (Fsp3) is 0.800. The fourth-order valence-corrected chi connectivity index (χ4v) is 0.798. The van der Waals surface area contributed by atoms with Crippen LogP contribution in [0.5, 0.6) is 0 Å². The van der Waals surface area contributed by atoms with Crippen LogP contribution in [-0.2, 0) is 15.6 Å². The van der Waals surface area contributed by atoms with Gasteiger partial charge in [-0.1, -0.05) is 0 Å². The second-order valence-corrected chi connectivity index (χ2v) is 3.59. The zero-order chi connectivity index (χ0) is 9.78. The van der Waals surface area contributed by atoms with Gasteiger partial charge in [-0.05, 0) is 0 Å². The minimum absolute atomic E-state index is 0.0296. The van der Waals surface area contributed by atoms with E-state index in [0.29, 0.717) is 0 Å². The monoisotopic (exact) mass is 203 g/mol. The summed E-state index contributed by atoms with van der Waals surface area (Å²) in [7, 11) is -1.19. The van der Waals surface area contributed by atoms with Crippen LogP contribution in [0.15, 0.2) is 0 Å². The Balaban J connectivity index is 3.66. The Morgan fingerprint density at radius 2 is 2.00 bits per heavy atom. The number of halogens is 3. The van der Waals surface area contributed by atoms with Gasteiger partial charge < -0.3 is 5.32 Å². The molecule has 0 rings (SSSR count). The first-order valence-corrected chi connectivity index (χ1v) is 4.72. The van der Waals surface area contributed by atoms with Crippen LogP contribution in [0.4, 0.5) is 13.2 Å². The van der Waals surface area contributed by atoms with Crippen molar-refractivity contribution in [3.63, 3.8) is 0 Å². The molecular formula is C5H8F3NO2S. The minimum atomic E-state index is -4.85. The summed E-state index contributed by atoms with van der Waals surface area (Å²) in [5.41, 5.74) is 0. The van der Waals surface area contributed by atoms with Crippen molar-refractivity contribution in [1.82, 2.24) is 5.32 Å². The molecule has 3 nitrogen and oxygen atoms in total. The zero-order valence-electron chi connectivity index (χ0n) is 6.27. The second kappa shape index (κ2) is 4.44. The van der Waals surface area contributed by atoms with Crippen LogP contribution >= 0.6 is 0 Å². The fourth-order valence-electron chi connectivity index (χ4n) is 0.409. The van der Waals surface area contributed by atoms with Crippen LogP contribution < -0.4 is 5.32 Å². The molecule has 0 aromatic rings. The molecule has 0 aliphatic carbocycles. The quantitative estimate of drug-likeness (QED) is 0.704. The molecule has 1 unspecified atom stereocenters. The molecule has 0 bridgehead atoms. The van der Waals surface area contributed by atoms with E-state index in [2.05, 4.69) is 0 Å².